The van der Waals surface area contributed by atoms with Gasteiger partial charge in [-0.3, -0.25) is 14.8 Å². The molecule has 2 rings (SSSR count). The van der Waals surface area contributed by atoms with Gasteiger partial charge in [-0.1, -0.05) is 6.07 Å². The number of carbonyl (C=O) groups is 1. The third-order valence-electron chi connectivity index (χ3n) is 2.55. The van der Waals surface area contributed by atoms with Crippen LogP contribution >= 0.6 is 0 Å². The van der Waals surface area contributed by atoms with Crippen LogP contribution in [0.15, 0.2) is 43.0 Å². The van der Waals surface area contributed by atoms with E-state index in [0.717, 1.165) is 11.8 Å². The van der Waals surface area contributed by atoms with Crippen molar-refractivity contribution in [1.29, 1.82) is 0 Å². The van der Waals surface area contributed by atoms with Crippen LogP contribution in [0, 0.1) is 5.82 Å². The number of pyridine rings is 2. The molecule has 0 aliphatic carbocycles. The van der Waals surface area contributed by atoms with E-state index >= 15 is 0 Å². The molecule has 1 atom stereocenters. The van der Waals surface area contributed by atoms with E-state index in [0.29, 0.717) is 0 Å². The fourth-order valence-electron chi connectivity index (χ4n) is 1.55. The van der Waals surface area contributed by atoms with Gasteiger partial charge in [-0.05, 0) is 24.6 Å². The van der Waals surface area contributed by atoms with Gasteiger partial charge in [0.2, 0.25) is 0 Å². The summed E-state index contributed by atoms with van der Waals surface area (Å²) in [6, 6.07) is 4.74. The maximum Gasteiger partial charge on any atom is 0.254 e. The van der Waals surface area contributed by atoms with Gasteiger partial charge in [-0.15, -0.1) is 0 Å². The highest BCUT2D eigenvalue weighted by atomic mass is 19.1. The smallest absolute Gasteiger partial charge is 0.254 e. The number of rotatable bonds is 3. The number of halogens is 1. The van der Waals surface area contributed by atoms with Crippen LogP contribution in [0.2, 0.25) is 0 Å². The molecule has 18 heavy (non-hydrogen) atoms. The van der Waals surface area contributed by atoms with Crippen molar-refractivity contribution in [3.63, 3.8) is 0 Å². The summed E-state index contributed by atoms with van der Waals surface area (Å²) in [4.78, 5) is 19.4. The van der Waals surface area contributed by atoms with Crippen LogP contribution in [0.5, 0.6) is 0 Å². The van der Waals surface area contributed by atoms with Gasteiger partial charge in [-0.2, -0.15) is 0 Å². The van der Waals surface area contributed by atoms with Crippen LogP contribution in [-0.2, 0) is 0 Å². The summed E-state index contributed by atoms with van der Waals surface area (Å²) in [5.74, 6) is -1.10. The number of aromatic nitrogens is 2. The second kappa shape index (κ2) is 5.35. The second-order valence-electron chi connectivity index (χ2n) is 3.84. The Labute approximate surface area is 104 Å². The van der Waals surface area contributed by atoms with Crippen molar-refractivity contribution in [2.75, 3.05) is 0 Å². The molecule has 0 aromatic carbocycles. The maximum atomic E-state index is 13.4. The quantitative estimate of drug-likeness (QED) is 0.901. The van der Waals surface area contributed by atoms with Gasteiger partial charge in [0.15, 0.2) is 5.82 Å². The van der Waals surface area contributed by atoms with E-state index in [1.54, 1.807) is 18.5 Å². The molecule has 2 aromatic rings. The first-order valence-corrected chi connectivity index (χ1v) is 5.49. The van der Waals surface area contributed by atoms with Crippen LogP contribution in [0.1, 0.15) is 28.9 Å². The molecule has 2 heterocycles. The van der Waals surface area contributed by atoms with Crippen molar-refractivity contribution < 1.29 is 9.18 Å². The number of hydrogen-bond acceptors (Lipinski definition) is 3. The molecule has 0 aliphatic rings. The fraction of sp³-hybridized carbons (Fsp3) is 0.154. The molecule has 0 aliphatic heterocycles. The molecule has 0 saturated carbocycles. The van der Waals surface area contributed by atoms with Gasteiger partial charge in [-0.25, -0.2) is 4.39 Å². The van der Waals surface area contributed by atoms with Crippen LogP contribution in [0.3, 0.4) is 0 Å². The van der Waals surface area contributed by atoms with Crippen molar-refractivity contribution in [2.24, 2.45) is 0 Å². The Morgan fingerprint density at radius 3 is 2.72 bits per heavy atom. The van der Waals surface area contributed by atoms with Gasteiger partial charge in [0.25, 0.3) is 5.91 Å². The summed E-state index contributed by atoms with van der Waals surface area (Å²) >= 11 is 0. The highest BCUT2D eigenvalue weighted by molar-refractivity contribution is 5.94. The Kier molecular flexibility index (Phi) is 3.62. The topological polar surface area (TPSA) is 54.9 Å². The lowest BCUT2D eigenvalue weighted by Gasteiger charge is -2.13. The predicted molar refractivity (Wildman–Crippen MR) is 64.3 cm³/mol. The lowest BCUT2D eigenvalue weighted by molar-refractivity contribution is 0.0935. The number of hydrogen-bond donors (Lipinski definition) is 1. The van der Waals surface area contributed by atoms with E-state index in [2.05, 4.69) is 15.3 Å². The maximum absolute atomic E-state index is 13.4. The van der Waals surface area contributed by atoms with E-state index in [1.807, 2.05) is 13.0 Å². The average Bonchev–Trinajstić information content (AvgIpc) is 2.40. The minimum absolute atomic E-state index is 0.0132. The van der Waals surface area contributed by atoms with E-state index in [-0.39, 0.29) is 11.6 Å². The lowest BCUT2D eigenvalue weighted by atomic mass is 10.1. The molecular formula is C13H12FN3O. The van der Waals surface area contributed by atoms with E-state index in [9.17, 15) is 9.18 Å². The molecule has 0 fully saturated rings. The molecule has 0 bridgehead atoms. The van der Waals surface area contributed by atoms with Gasteiger partial charge in [0.1, 0.15) is 0 Å². The molecule has 0 radical (unpaired) electrons. The highest BCUT2D eigenvalue weighted by Crippen LogP contribution is 2.12. The summed E-state index contributed by atoms with van der Waals surface area (Å²) < 4.78 is 13.4. The summed E-state index contributed by atoms with van der Waals surface area (Å²) in [5, 5.41) is 2.71. The van der Waals surface area contributed by atoms with Crippen molar-refractivity contribution >= 4 is 5.91 Å². The minimum atomic E-state index is -0.631. The Morgan fingerprint density at radius 1 is 1.28 bits per heavy atom. The van der Waals surface area contributed by atoms with Crippen LogP contribution in [-0.4, -0.2) is 15.9 Å². The Morgan fingerprint density at radius 2 is 2.06 bits per heavy atom. The van der Waals surface area contributed by atoms with Gasteiger partial charge in [0.05, 0.1) is 17.8 Å². The summed E-state index contributed by atoms with van der Waals surface area (Å²) in [6.07, 6.45) is 5.71. The number of amides is 1. The number of nitrogens with one attached hydrogen (secondary N) is 1. The van der Waals surface area contributed by atoms with Crippen LogP contribution in [0.25, 0.3) is 0 Å². The third-order valence-corrected chi connectivity index (χ3v) is 2.55. The van der Waals surface area contributed by atoms with Crippen molar-refractivity contribution in [1.82, 2.24) is 15.3 Å². The minimum Gasteiger partial charge on any atom is -0.345 e. The zero-order valence-electron chi connectivity index (χ0n) is 9.80. The largest absolute Gasteiger partial charge is 0.345 e. The van der Waals surface area contributed by atoms with Crippen molar-refractivity contribution in [3.05, 3.63) is 59.9 Å². The second-order valence-corrected chi connectivity index (χ2v) is 3.84. The average molecular weight is 245 g/mol. The third kappa shape index (κ3) is 2.68. The van der Waals surface area contributed by atoms with Gasteiger partial charge >= 0.3 is 0 Å². The highest BCUT2D eigenvalue weighted by Gasteiger charge is 2.14. The summed E-state index contributed by atoms with van der Waals surface area (Å²) in [5.41, 5.74) is 0.848. The SMILES string of the molecule is CC(NC(=O)c1ccncc1F)c1cccnc1. The first-order chi connectivity index (χ1) is 8.68. The number of carbonyl (C=O) groups excluding carboxylic acids is 1. The summed E-state index contributed by atoms with van der Waals surface area (Å²) in [7, 11) is 0. The molecule has 1 amide bonds. The number of nitrogens with zero attached hydrogens (tertiary/aromatic N) is 2. The molecule has 0 saturated heterocycles. The first-order valence-electron chi connectivity index (χ1n) is 5.49. The fourth-order valence-corrected chi connectivity index (χ4v) is 1.55. The lowest BCUT2D eigenvalue weighted by Crippen LogP contribution is -2.27. The van der Waals surface area contributed by atoms with E-state index in [4.69, 9.17) is 0 Å². The molecule has 0 spiro atoms. The van der Waals surface area contributed by atoms with E-state index in [1.165, 1.54) is 12.3 Å². The molecule has 1 N–H and O–H groups in total. The van der Waals surface area contributed by atoms with Crippen molar-refractivity contribution in [2.45, 2.75) is 13.0 Å². The van der Waals surface area contributed by atoms with Gasteiger partial charge < -0.3 is 5.32 Å². The zero-order chi connectivity index (χ0) is 13.0. The Balaban J connectivity index is 2.11. The predicted octanol–water partition coefficient (Wildman–Crippen LogP) is 2.11. The molecule has 4 nitrogen and oxygen atoms in total. The van der Waals surface area contributed by atoms with E-state index < -0.39 is 11.7 Å². The molecular weight excluding hydrogens is 233 g/mol. The first kappa shape index (κ1) is 12.2. The normalized spacial score (nSPS) is 11.9. The van der Waals surface area contributed by atoms with Gasteiger partial charge in [0, 0.05) is 18.6 Å². The van der Waals surface area contributed by atoms with Crippen molar-refractivity contribution in [3.8, 4) is 0 Å². The Hall–Kier alpha value is -2.30. The standard InChI is InChI=1S/C13H12FN3O/c1-9(10-3-2-5-15-7-10)17-13(18)11-4-6-16-8-12(11)14/h2-9H,1H3,(H,17,18). The van der Waals surface area contributed by atoms with Crippen LogP contribution < -0.4 is 5.32 Å². The summed E-state index contributed by atoms with van der Waals surface area (Å²) in [6.45, 7) is 1.81. The molecule has 5 heteroatoms. The molecule has 92 valence electrons. The zero-order valence-corrected chi connectivity index (χ0v) is 9.80. The monoisotopic (exact) mass is 245 g/mol. The van der Waals surface area contributed by atoms with Crippen LogP contribution in [0.4, 0.5) is 4.39 Å². The molecule has 1 unspecified atom stereocenters. The Bertz CT molecular complexity index is 545. The molecule has 2 aromatic heterocycles.